The first-order valence-corrected chi connectivity index (χ1v) is 11.3. The van der Waals surface area contributed by atoms with Gasteiger partial charge in [0.2, 0.25) is 10.0 Å². The normalized spacial score (nSPS) is 15.3. The first-order valence-electron chi connectivity index (χ1n) is 9.87. The van der Waals surface area contributed by atoms with Crippen LogP contribution in [0.1, 0.15) is 49.3 Å². The predicted octanol–water partition coefficient (Wildman–Crippen LogP) is 3.89. The van der Waals surface area contributed by atoms with Gasteiger partial charge < -0.3 is 4.74 Å². The van der Waals surface area contributed by atoms with E-state index in [2.05, 4.69) is 21.8 Å². The average molecular weight is 403 g/mol. The maximum atomic E-state index is 12.8. The van der Waals surface area contributed by atoms with Crippen molar-refractivity contribution in [2.24, 2.45) is 0 Å². The third kappa shape index (κ3) is 5.13. The van der Waals surface area contributed by atoms with Crippen molar-refractivity contribution in [2.75, 3.05) is 20.2 Å². The summed E-state index contributed by atoms with van der Waals surface area (Å²) in [7, 11) is -1.99. The Morgan fingerprint density at radius 3 is 2.46 bits per heavy atom. The fourth-order valence-electron chi connectivity index (χ4n) is 3.63. The van der Waals surface area contributed by atoms with E-state index in [0.717, 1.165) is 30.8 Å². The molecule has 2 aromatic carbocycles. The zero-order valence-corrected chi connectivity index (χ0v) is 17.8. The zero-order valence-electron chi connectivity index (χ0n) is 16.9. The molecule has 1 saturated heterocycles. The van der Waals surface area contributed by atoms with Gasteiger partial charge in [0, 0.05) is 13.1 Å². The van der Waals surface area contributed by atoms with E-state index in [1.165, 1.54) is 18.4 Å². The molecule has 2 aromatic rings. The summed E-state index contributed by atoms with van der Waals surface area (Å²) in [6.07, 6.45) is 2.53. The molecule has 0 aromatic heterocycles. The minimum absolute atomic E-state index is 0.173. The van der Waals surface area contributed by atoms with Crippen molar-refractivity contribution in [1.82, 2.24) is 9.62 Å². The second kappa shape index (κ2) is 9.07. The Morgan fingerprint density at radius 2 is 1.79 bits per heavy atom. The number of nitrogens with zero attached hydrogens (tertiary/aromatic N) is 1. The Bertz CT molecular complexity index is 904. The van der Waals surface area contributed by atoms with E-state index in [4.69, 9.17) is 4.74 Å². The van der Waals surface area contributed by atoms with Crippen LogP contribution in [0.4, 0.5) is 0 Å². The maximum absolute atomic E-state index is 12.8. The molecule has 0 unspecified atom stereocenters. The van der Waals surface area contributed by atoms with E-state index < -0.39 is 10.0 Å². The third-order valence-electron chi connectivity index (χ3n) is 5.20. The van der Waals surface area contributed by atoms with Gasteiger partial charge in [-0.05, 0) is 66.7 Å². The fraction of sp³-hybridized carbons (Fsp3) is 0.455. The highest BCUT2D eigenvalue weighted by Crippen LogP contribution is 2.29. The number of benzene rings is 2. The largest absolute Gasteiger partial charge is 0.496 e. The molecule has 5 nitrogen and oxygen atoms in total. The molecule has 0 amide bonds. The summed E-state index contributed by atoms with van der Waals surface area (Å²) in [6, 6.07) is 13.2. The van der Waals surface area contributed by atoms with Crippen LogP contribution < -0.4 is 9.46 Å². The van der Waals surface area contributed by atoms with Crippen LogP contribution in [-0.2, 0) is 23.1 Å². The molecule has 0 aliphatic carbocycles. The third-order valence-corrected chi connectivity index (χ3v) is 6.59. The van der Waals surface area contributed by atoms with E-state index >= 15 is 0 Å². The number of methoxy groups -OCH3 is 1. The first-order chi connectivity index (χ1) is 13.4. The van der Waals surface area contributed by atoms with Crippen LogP contribution in [0, 0.1) is 0 Å². The Kier molecular flexibility index (Phi) is 6.75. The van der Waals surface area contributed by atoms with Crippen molar-refractivity contribution in [3.63, 3.8) is 0 Å². The van der Waals surface area contributed by atoms with Crippen molar-refractivity contribution in [3.8, 4) is 5.75 Å². The summed E-state index contributed by atoms with van der Waals surface area (Å²) < 4.78 is 33.7. The highest BCUT2D eigenvalue weighted by molar-refractivity contribution is 7.89. The molecule has 1 aliphatic heterocycles. The average Bonchev–Trinajstić information content (AvgIpc) is 3.19. The van der Waals surface area contributed by atoms with Crippen LogP contribution in [0.5, 0.6) is 5.75 Å². The van der Waals surface area contributed by atoms with Crippen LogP contribution in [0.15, 0.2) is 47.4 Å². The smallest absolute Gasteiger partial charge is 0.240 e. The molecule has 1 aliphatic rings. The SMILES string of the molecule is COc1ccc(S(=O)(=O)NCc2cccc(CN3CCCC3)c2)cc1C(C)C. The topological polar surface area (TPSA) is 58.6 Å². The zero-order chi connectivity index (χ0) is 20.1. The molecule has 0 atom stereocenters. The lowest BCUT2D eigenvalue weighted by molar-refractivity contribution is 0.331. The minimum atomic E-state index is -3.59. The van der Waals surface area contributed by atoms with E-state index in [1.807, 2.05) is 26.0 Å². The van der Waals surface area contributed by atoms with Crippen LogP contribution >= 0.6 is 0 Å². The van der Waals surface area contributed by atoms with E-state index in [0.29, 0.717) is 5.75 Å². The van der Waals surface area contributed by atoms with E-state index in [1.54, 1.807) is 25.3 Å². The molecule has 0 radical (unpaired) electrons. The number of ether oxygens (including phenoxy) is 1. The van der Waals surface area contributed by atoms with Gasteiger partial charge in [-0.3, -0.25) is 4.90 Å². The molecule has 1 fully saturated rings. The van der Waals surface area contributed by atoms with Crippen molar-refractivity contribution in [1.29, 1.82) is 0 Å². The van der Waals surface area contributed by atoms with Gasteiger partial charge in [-0.25, -0.2) is 13.1 Å². The highest BCUT2D eigenvalue weighted by Gasteiger charge is 2.18. The number of hydrogen-bond acceptors (Lipinski definition) is 4. The summed E-state index contributed by atoms with van der Waals surface area (Å²) in [5.74, 6) is 0.885. The number of hydrogen-bond donors (Lipinski definition) is 1. The summed E-state index contributed by atoms with van der Waals surface area (Å²) in [5.41, 5.74) is 3.08. The number of rotatable bonds is 8. The first kappa shape index (κ1) is 20.8. The summed E-state index contributed by atoms with van der Waals surface area (Å²) in [5, 5.41) is 0. The molecule has 6 heteroatoms. The standard InChI is InChI=1S/C22H30N2O3S/c1-17(2)21-14-20(9-10-22(21)27-3)28(25,26)23-15-18-7-6-8-19(13-18)16-24-11-4-5-12-24/h6-10,13-14,17,23H,4-5,11-12,15-16H2,1-3H3. The predicted molar refractivity (Wildman–Crippen MR) is 112 cm³/mol. The second-order valence-corrected chi connectivity index (χ2v) is 9.45. The van der Waals surface area contributed by atoms with Crippen molar-refractivity contribution < 1.29 is 13.2 Å². The maximum Gasteiger partial charge on any atom is 0.240 e. The van der Waals surface area contributed by atoms with Crippen LogP contribution in [0.25, 0.3) is 0 Å². The molecule has 3 rings (SSSR count). The molecule has 28 heavy (non-hydrogen) atoms. The van der Waals surface area contributed by atoms with Gasteiger partial charge in [0.15, 0.2) is 0 Å². The second-order valence-electron chi connectivity index (χ2n) is 7.69. The lowest BCUT2D eigenvalue weighted by Crippen LogP contribution is -2.23. The molecule has 1 heterocycles. The number of sulfonamides is 1. The van der Waals surface area contributed by atoms with Gasteiger partial charge >= 0.3 is 0 Å². The van der Waals surface area contributed by atoms with Gasteiger partial charge in [-0.2, -0.15) is 0 Å². The monoisotopic (exact) mass is 402 g/mol. The van der Waals surface area contributed by atoms with E-state index in [-0.39, 0.29) is 17.4 Å². The van der Waals surface area contributed by atoms with Crippen molar-refractivity contribution in [3.05, 3.63) is 59.2 Å². The Balaban J connectivity index is 1.70. The van der Waals surface area contributed by atoms with Crippen LogP contribution in [0.3, 0.4) is 0 Å². The molecular formula is C22H30N2O3S. The van der Waals surface area contributed by atoms with Gasteiger partial charge in [0.1, 0.15) is 5.75 Å². The molecular weight excluding hydrogens is 372 g/mol. The number of likely N-dealkylation sites (tertiary alicyclic amines) is 1. The Labute approximate surface area is 168 Å². The van der Waals surface area contributed by atoms with Crippen LogP contribution in [0.2, 0.25) is 0 Å². The Morgan fingerprint density at radius 1 is 1.07 bits per heavy atom. The lowest BCUT2D eigenvalue weighted by Gasteiger charge is -2.16. The summed E-state index contributed by atoms with van der Waals surface area (Å²) >= 11 is 0. The highest BCUT2D eigenvalue weighted by atomic mass is 32.2. The molecule has 0 saturated carbocycles. The quantitative estimate of drug-likeness (QED) is 0.728. The van der Waals surface area contributed by atoms with Crippen molar-refractivity contribution >= 4 is 10.0 Å². The fourth-order valence-corrected chi connectivity index (χ4v) is 4.68. The number of nitrogens with one attached hydrogen (secondary N) is 1. The van der Waals surface area contributed by atoms with Crippen molar-refractivity contribution in [2.45, 2.75) is 50.6 Å². The lowest BCUT2D eigenvalue weighted by atomic mass is 10.0. The molecule has 1 N–H and O–H groups in total. The summed E-state index contributed by atoms with van der Waals surface area (Å²) in [6.45, 7) is 7.54. The van der Waals surface area contributed by atoms with Gasteiger partial charge in [-0.1, -0.05) is 38.1 Å². The van der Waals surface area contributed by atoms with Gasteiger partial charge in [-0.15, -0.1) is 0 Å². The minimum Gasteiger partial charge on any atom is -0.496 e. The molecule has 152 valence electrons. The summed E-state index contributed by atoms with van der Waals surface area (Å²) in [4.78, 5) is 2.71. The van der Waals surface area contributed by atoms with Gasteiger partial charge in [0.05, 0.1) is 12.0 Å². The van der Waals surface area contributed by atoms with Crippen LogP contribution in [-0.4, -0.2) is 33.5 Å². The molecule has 0 bridgehead atoms. The Hall–Kier alpha value is -1.89. The van der Waals surface area contributed by atoms with E-state index in [9.17, 15) is 8.42 Å². The van der Waals surface area contributed by atoms with Gasteiger partial charge in [0.25, 0.3) is 0 Å². The molecule has 0 spiro atoms.